The van der Waals surface area contributed by atoms with Gasteiger partial charge in [-0.15, -0.1) is 0 Å². The number of nitrogens with one attached hydrogen (secondary N) is 2. The molecule has 0 unspecified atom stereocenters. The minimum atomic E-state index is -0.176. The molecule has 0 bridgehead atoms. The number of anilines is 1. The Hall–Kier alpha value is -2.37. The van der Waals surface area contributed by atoms with E-state index in [9.17, 15) is 14.4 Å². The first-order chi connectivity index (χ1) is 11.1. The minimum Gasteiger partial charge on any atom is -0.354 e. The highest BCUT2D eigenvalue weighted by molar-refractivity contribution is 5.97. The maximum absolute atomic E-state index is 12.0. The van der Waals surface area contributed by atoms with E-state index in [1.54, 1.807) is 29.2 Å². The topological polar surface area (TPSA) is 78.5 Å². The van der Waals surface area contributed by atoms with Crippen LogP contribution in [0.3, 0.4) is 0 Å². The van der Waals surface area contributed by atoms with Crippen molar-refractivity contribution in [3.8, 4) is 0 Å². The SMILES string of the molecule is O=C(NCCNC(=O)C1CC1)c1ccc(N2CCCC2=O)cc1. The lowest BCUT2D eigenvalue weighted by Crippen LogP contribution is -2.35. The summed E-state index contributed by atoms with van der Waals surface area (Å²) >= 11 is 0. The molecule has 2 fully saturated rings. The molecular formula is C17H21N3O3. The Bertz CT molecular complexity index is 608. The summed E-state index contributed by atoms with van der Waals surface area (Å²) in [5.74, 6) is 0.226. The van der Waals surface area contributed by atoms with Gasteiger partial charge in [-0.2, -0.15) is 0 Å². The highest BCUT2D eigenvalue weighted by Gasteiger charge is 2.29. The van der Waals surface area contributed by atoms with Gasteiger partial charge in [-0.05, 0) is 43.5 Å². The first-order valence-corrected chi connectivity index (χ1v) is 8.11. The van der Waals surface area contributed by atoms with E-state index in [-0.39, 0.29) is 23.6 Å². The highest BCUT2D eigenvalue weighted by atomic mass is 16.2. The molecule has 3 rings (SSSR count). The normalized spacial score (nSPS) is 17.2. The fraction of sp³-hybridized carbons (Fsp3) is 0.471. The molecule has 3 amide bonds. The van der Waals surface area contributed by atoms with Crippen LogP contribution in [0, 0.1) is 5.92 Å². The van der Waals surface area contributed by atoms with Crippen LogP contribution in [0.5, 0.6) is 0 Å². The third-order valence-electron chi connectivity index (χ3n) is 4.17. The molecule has 23 heavy (non-hydrogen) atoms. The summed E-state index contributed by atoms with van der Waals surface area (Å²) in [5, 5.41) is 5.58. The van der Waals surface area contributed by atoms with Crippen LogP contribution in [0.2, 0.25) is 0 Å². The van der Waals surface area contributed by atoms with Crippen LogP contribution in [-0.2, 0) is 9.59 Å². The minimum absolute atomic E-state index is 0.0823. The zero-order valence-electron chi connectivity index (χ0n) is 13.0. The van der Waals surface area contributed by atoms with Gasteiger partial charge in [0, 0.05) is 43.2 Å². The van der Waals surface area contributed by atoms with Crippen LogP contribution >= 0.6 is 0 Å². The third kappa shape index (κ3) is 3.88. The zero-order valence-corrected chi connectivity index (χ0v) is 13.0. The van der Waals surface area contributed by atoms with Crippen LogP contribution in [0.25, 0.3) is 0 Å². The largest absolute Gasteiger partial charge is 0.354 e. The number of carbonyl (C=O) groups excluding carboxylic acids is 3. The molecule has 1 aliphatic carbocycles. The third-order valence-corrected chi connectivity index (χ3v) is 4.17. The molecule has 1 saturated carbocycles. The molecule has 0 atom stereocenters. The van der Waals surface area contributed by atoms with Gasteiger partial charge in [0.1, 0.15) is 0 Å². The number of carbonyl (C=O) groups is 3. The second-order valence-corrected chi connectivity index (χ2v) is 6.02. The predicted molar refractivity (Wildman–Crippen MR) is 86.1 cm³/mol. The monoisotopic (exact) mass is 315 g/mol. The van der Waals surface area contributed by atoms with Gasteiger partial charge in [0.05, 0.1) is 0 Å². The van der Waals surface area contributed by atoms with E-state index >= 15 is 0 Å². The molecule has 1 aliphatic heterocycles. The molecule has 1 saturated heterocycles. The summed E-state index contributed by atoms with van der Waals surface area (Å²) in [5.41, 5.74) is 1.38. The van der Waals surface area contributed by atoms with Gasteiger partial charge < -0.3 is 15.5 Å². The number of benzene rings is 1. The number of amides is 3. The molecule has 6 nitrogen and oxygen atoms in total. The molecule has 0 radical (unpaired) electrons. The molecule has 1 aromatic rings. The average molecular weight is 315 g/mol. The smallest absolute Gasteiger partial charge is 0.251 e. The molecule has 122 valence electrons. The van der Waals surface area contributed by atoms with Gasteiger partial charge in [0.25, 0.3) is 5.91 Å². The number of hydrogen-bond donors (Lipinski definition) is 2. The molecule has 2 aliphatic rings. The lowest BCUT2D eigenvalue weighted by molar-refractivity contribution is -0.122. The van der Waals surface area contributed by atoms with E-state index in [0.717, 1.165) is 31.5 Å². The lowest BCUT2D eigenvalue weighted by atomic mass is 10.2. The Labute approximate surface area is 135 Å². The van der Waals surface area contributed by atoms with Crippen molar-refractivity contribution in [2.75, 3.05) is 24.5 Å². The van der Waals surface area contributed by atoms with Crippen LogP contribution < -0.4 is 15.5 Å². The zero-order chi connectivity index (χ0) is 16.2. The molecule has 6 heteroatoms. The van der Waals surface area contributed by atoms with Crippen LogP contribution in [0.15, 0.2) is 24.3 Å². The second-order valence-electron chi connectivity index (χ2n) is 6.02. The number of nitrogens with zero attached hydrogens (tertiary/aromatic N) is 1. The van der Waals surface area contributed by atoms with Crippen LogP contribution in [0.4, 0.5) is 5.69 Å². The van der Waals surface area contributed by atoms with Gasteiger partial charge in [-0.1, -0.05) is 0 Å². The average Bonchev–Trinajstić information content (AvgIpc) is 3.33. The van der Waals surface area contributed by atoms with Gasteiger partial charge in [-0.25, -0.2) is 0 Å². The van der Waals surface area contributed by atoms with E-state index in [4.69, 9.17) is 0 Å². The van der Waals surface area contributed by atoms with E-state index in [0.29, 0.717) is 25.1 Å². The van der Waals surface area contributed by atoms with Gasteiger partial charge >= 0.3 is 0 Å². The lowest BCUT2D eigenvalue weighted by Gasteiger charge is -2.15. The van der Waals surface area contributed by atoms with Gasteiger partial charge in [-0.3, -0.25) is 14.4 Å². The summed E-state index contributed by atoms with van der Waals surface area (Å²) in [6.07, 6.45) is 3.43. The Kier molecular flexibility index (Phi) is 4.60. The Morgan fingerprint density at radius 2 is 1.78 bits per heavy atom. The maximum Gasteiger partial charge on any atom is 0.251 e. The molecule has 1 aromatic carbocycles. The quantitative estimate of drug-likeness (QED) is 0.771. The fourth-order valence-electron chi connectivity index (χ4n) is 2.67. The fourth-order valence-corrected chi connectivity index (χ4v) is 2.67. The van der Waals surface area contributed by atoms with Crippen molar-refractivity contribution in [2.24, 2.45) is 5.92 Å². The maximum atomic E-state index is 12.0. The Morgan fingerprint density at radius 3 is 2.39 bits per heavy atom. The molecular weight excluding hydrogens is 294 g/mol. The van der Waals surface area contributed by atoms with Crippen LogP contribution in [-0.4, -0.2) is 37.4 Å². The molecule has 0 aromatic heterocycles. The van der Waals surface area contributed by atoms with E-state index < -0.39 is 0 Å². The summed E-state index contributed by atoms with van der Waals surface area (Å²) in [4.78, 5) is 36.9. The van der Waals surface area contributed by atoms with E-state index in [1.165, 1.54) is 0 Å². The Morgan fingerprint density at radius 1 is 1.09 bits per heavy atom. The van der Waals surface area contributed by atoms with Crippen LogP contribution in [0.1, 0.15) is 36.0 Å². The van der Waals surface area contributed by atoms with Crippen molar-refractivity contribution < 1.29 is 14.4 Å². The second kappa shape index (κ2) is 6.81. The van der Waals surface area contributed by atoms with Crippen molar-refractivity contribution >= 4 is 23.4 Å². The summed E-state index contributed by atoms with van der Waals surface area (Å²) in [6, 6.07) is 7.04. The number of rotatable bonds is 6. The predicted octanol–water partition coefficient (Wildman–Crippen LogP) is 1.07. The molecule has 2 N–H and O–H groups in total. The van der Waals surface area contributed by atoms with Crippen molar-refractivity contribution in [1.29, 1.82) is 0 Å². The van der Waals surface area contributed by atoms with E-state index in [2.05, 4.69) is 10.6 Å². The van der Waals surface area contributed by atoms with Crippen molar-refractivity contribution in [3.05, 3.63) is 29.8 Å². The summed E-state index contributed by atoms with van der Waals surface area (Å²) < 4.78 is 0. The van der Waals surface area contributed by atoms with Gasteiger partial charge in [0.2, 0.25) is 11.8 Å². The first kappa shape index (κ1) is 15.5. The standard InChI is InChI=1S/C17H21N3O3/c21-15-2-1-11-20(15)14-7-5-13(6-8-14)17(23)19-10-9-18-16(22)12-3-4-12/h5-8,12H,1-4,9-11H2,(H,18,22)(H,19,23). The Balaban J connectivity index is 1.45. The number of hydrogen-bond acceptors (Lipinski definition) is 3. The van der Waals surface area contributed by atoms with Crippen molar-refractivity contribution in [3.63, 3.8) is 0 Å². The first-order valence-electron chi connectivity index (χ1n) is 8.11. The summed E-state index contributed by atoms with van der Waals surface area (Å²) in [6.45, 7) is 1.59. The van der Waals surface area contributed by atoms with E-state index in [1.807, 2.05) is 0 Å². The van der Waals surface area contributed by atoms with Gasteiger partial charge in [0.15, 0.2) is 0 Å². The van der Waals surface area contributed by atoms with Crippen molar-refractivity contribution in [1.82, 2.24) is 10.6 Å². The molecule has 0 spiro atoms. The van der Waals surface area contributed by atoms with Crippen molar-refractivity contribution in [2.45, 2.75) is 25.7 Å². The molecule has 1 heterocycles. The highest BCUT2D eigenvalue weighted by Crippen LogP contribution is 2.28. The summed E-state index contributed by atoms with van der Waals surface area (Å²) in [7, 11) is 0.